The summed E-state index contributed by atoms with van der Waals surface area (Å²) in [6, 6.07) is 6.75. The molecule has 7 heteroatoms. The van der Waals surface area contributed by atoms with Crippen molar-refractivity contribution in [2.75, 3.05) is 10.6 Å². The molecule has 2 N–H and O–H groups in total. The highest BCUT2D eigenvalue weighted by Crippen LogP contribution is 2.20. The van der Waals surface area contributed by atoms with Crippen LogP contribution in [0.5, 0.6) is 0 Å². The lowest BCUT2D eigenvalue weighted by molar-refractivity contribution is 0.102. The van der Waals surface area contributed by atoms with Crippen LogP contribution in [0.1, 0.15) is 48.9 Å². The second kappa shape index (κ2) is 8.00. The third-order valence-electron chi connectivity index (χ3n) is 4.30. The van der Waals surface area contributed by atoms with Gasteiger partial charge in [-0.3, -0.25) is 4.79 Å². The fraction of sp³-hybridized carbons (Fsp3) is 0.389. The molecule has 1 amide bonds. The Bertz CT molecular complexity index is 728. The summed E-state index contributed by atoms with van der Waals surface area (Å²) < 4.78 is 26.1. The molecule has 1 aromatic carbocycles. The molecule has 0 bridgehead atoms. The number of nitrogens with one attached hydrogen (secondary N) is 2. The summed E-state index contributed by atoms with van der Waals surface area (Å²) in [5.74, 6) is -1.72. The maximum absolute atomic E-state index is 13.2. The lowest BCUT2D eigenvalue weighted by Gasteiger charge is -2.16. The highest BCUT2D eigenvalue weighted by Gasteiger charge is 2.13. The number of carbonyl (C=O) groups is 1. The molecule has 5 nitrogen and oxygen atoms in total. The van der Waals surface area contributed by atoms with E-state index in [1.807, 2.05) is 0 Å². The minimum atomic E-state index is -1.07. The highest BCUT2D eigenvalue weighted by atomic mass is 19.2. The van der Waals surface area contributed by atoms with Gasteiger partial charge in [-0.2, -0.15) is 0 Å². The Morgan fingerprint density at radius 1 is 0.920 bits per heavy atom. The van der Waals surface area contributed by atoms with Crippen LogP contribution in [0.2, 0.25) is 0 Å². The van der Waals surface area contributed by atoms with E-state index in [9.17, 15) is 13.6 Å². The van der Waals surface area contributed by atoms with Gasteiger partial charge in [-0.15, -0.1) is 10.2 Å². The highest BCUT2D eigenvalue weighted by molar-refractivity contribution is 6.03. The number of anilines is 2. The molecular weight excluding hydrogens is 326 g/mol. The van der Waals surface area contributed by atoms with Gasteiger partial charge in [0, 0.05) is 11.6 Å². The number of aromatic nitrogens is 2. The molecule has 1 aliphatic carbocycles. The molecule has 25 heavy (non-hydrogen) atoms. The summed E-state index contributed by atoms with van der Waals surface area (Å²) in [6.07, 6.45) is 7.23. The van der Waals surface area contributed by atoms with Gasteiger partial charge in [-0.25, -0.2) is 8.78 Å². The number of rotatable bonds is 4. The zero-order chi connectivity index (χ0) is 17.6. The van der Waals surface area contributed by atoms with Gasteiger partial charge in [0.2, 0.25) is 0 Å². The van der Waals surface area contributed by atoms with Gasteiger partial charge in [0.05, 0.1) is 0 Å². The van der Waals surface area contributed by atoms with Crippen molar-refractivity contribution in [2.45, 2.75) is 44.6 Å². The molecule has 1 heterocycles. The van der Waals surface area contributed by atoms with E-state index >= 15 is 0 Å². The normalized spacial score (nSPS) is 15.4. The molecule has 0 atom stereocenters. The van der Waals surface area contributed by atoms with Crippen molar-refractivity contribution < 1.29 is 13.6 Å². The van der Waals surface area contributed by atoms with Gasteiger partial charge in [-0.1, -0.05) is 25.7 Å². The van der Waals surface area contributed by atoms with Crippen molar-refractivity contribution in [3.63, 3.8) is 0 Å². The lowest BCUT2D eigenvalue weighted by Crippen LogP contribution is -2.19. The maximum atomic E-state index is 13.2. The van der Waals surface area contributed by atoms with E-state index in [0.717, 1.165) is 25.0 Å². The standard InChI is InChI=1S/C18H20F2N4O/c19-14-8-7-12(11-15(14)20)18(25)22-17-10-9-16(23-24-17)21-13-5-3-1-2-4-6-13/h7-11,13H,1-6H2,(H,21,23)(H,22,24,25). The van der Waals surface area contributed by atoms with Gasteiger partial charge in [0.15, 0.2) is 17.5 Å². The Labute approximate surface area is 144 Å². The minimum absolute atomic E-state index is 0.0151. The van der Waals surface area contributed by atoms with Crippen molar-refractivity contribution in [3.8, 4) is 0 Å². The van der Waals surface area contributed by atoms with Gasteiger partial charge >= 0.3 is 0 Å². The summed E-state index contributed by atoms with van der Waals surface area (Å²) in [4.78, 5) is 12.0. The fourth-order valence-corrected chi connectivity index (χ4v) is 2.93. The first kappa shape index (κ1) is 17.3. The number of nitrogens with zero attached hydrogens (tertiary/aromatic N) is 2. The van der Waals surface area contributed by atoms with Crippen LogP contribution in [-0.4, -0.2) is 22.1 Å². The number of halogens is 2. The van der Waals surface area contributed by atoms with Crippen LogP contribution in [-0.2, 0) is 0 Å². The average Bonchev–Trinajstić information content (AvgIpc) is 2.87. The average molecular weight is 346 g/mol. The molecule has 1 fully saturated rings. The summed E-state index contributed by atoms with van der Waals surface area (Å²) in [5.41, 5.74) is 0.0151. The van der Waals surface area contributed by atoms with Crippen LogP contribution < -0.4 is 10.6 Å². The topological polar surface area (TPSA) is 66.9 Å². The summed E-state index contributed by atoms with van der Waals surface area (Å²) in [7, 11) is 0. The van der Waals surface area contributed by atoms with Gasteiger partial charge in [-0.05, 0) is 43.2 Å². The number of hydrogen-bond donors (Lipinski definition) is 2. The lowest BCUT2D eigenvalue weighted by atomic mass is 10.1. The molecule has 132 valence electrons. The number of amides is 1. The molecule has 0 unspecified atom stereocenters. The Kier molecular flexibility index (Phi) is 5.53. The van der Waals surface area contributed by atoms with Crippen LogP contribution in [0.25, 0.3) is 0 Å². The van der Waals surface area contributed by atoms with Crippen molar-refractivity contribution in [1.29, 1.82) is 0 Å². The van der Waals surface area contributed by atoms with E-state index < -0.39 is 17.5 Å². The SMILES string of the molecule is O=C(Nc1ccc(NC2CCCCCC2)nn1)c1ccc(F)c(F)c1. The van der Waals surface area contributed by atoms with Gasteiger partial charge in [0.25, 0.3) is 5.91 Å². The third-order valence-corrected chi connectivity index (χ3v) is 4.30. The molecule has 1 saturated carbocycles. The van der Waals surface area contributed by atoms with E-state index in [-0.39, 0.29) is 11.4 Å². The van der Waals surface area contributed by atoms with Gasteiger partial charge < -0.3 is 10.6 Å². The number of hydrogen-bond acceptors (Lipinski definition) is 4. The Hall–Kier alpha value is -2.57. The molecule has 0 spiro atoms. The van der Waals surface area contributed by atoms with E-state index in [0.29, 0.717) is 11.9 Å². The summed E-state index contributed by atoms with van der Waals surface area (Å²) >= 11 is 0. The zero-order valence-corrected chi connectivity index (χ0v) is 13.8. The molecule has 0 saturated heterocycles. The predicted octanol–water partition coefficient (Wildman–Crippen LogP) is 4.14. The second-order valence-electron chi connectivity index (χ2n) is 6.22. The number of carbonyl (C=O) groups excluding carboxylic acids is 1. The predicted molar refractivity (Wildman–Crippen MR) is 91.5 cm³/mol. The molecule has 0 aliphatic heterocycles. The number of benzene rings is 1. The first-order chi connectivity index (χ1) is 12.1. The smallest absolute Gasteiger partial charge is 0.256 e. The molecule has 3 rings (SSSR count). The van der Waals surface area contributed by atoms with E-state index in [2.05, 4.69) is 20.8 Å². The van der Waals surface area contributed by atoms with E-state index in [4.69, 9.17) is 0 Å². The van der Waals surface area contributed by atoms with Crippen LogP contribution in [0.15, 0.2) is 30.3 Å². The Balaban J connectivity index is 1.59. The van der Waals surface area contributed by atoms with Crippen molar-refractivity contribution in [3.05, 3.63) is 47.5 Å². The van der Waals surface area contributed by atoms with E-state index in [1.165, 1.54) is 31.7 Å². The molecule has 2 aromatic rings. The van der Waals surface area contributed by atoms with Crippen LogP contribution in [0, 0.1) is 11.6 Å². The van der Waals surface area contributed by atoms with E-state index in [1.54, 1.807) is 12.1 Å². The van der Waals surface area contributed by atoms with Crippen molar-refractivity contribution in [1.82, 2.24) is 10.2 Å². The van der Waals surface area contributed by atoms with Crippen LogP contribution >= 0.6 is 0 Å². The summed E-state index contributed by atoms with van der Waals surface area (Å²) in [5, 5.41) is 13.9. The van der Waals surface area contributed by atoms with Crippen molar-refractivity contribution >= 4 is 17.5 Å². The monoisotopic (exact) mass is 346 g/mol. The largest absolute Gasteiger partial charge is 0.366 e. The van der Waals surface area contributed by atoms with Crippen LogP contribution in [0.4, 0.5) is 20.4 Å². The first-order valence-corrected chi connectivity index (χ1v) is 8.48. The third kappa shape index (κ3) is 4.71. The molecule has 1 aromatic heterocycles. The summed E-state index contributed by atoms with van der Waals surface area (Å²) in [6.45, 7) is 0. The maximum Gasteiger partial charge on any atom is 0.256 e. The fourth-order valence-electron chi connectivity index (χ4n) is 2.93. The second-order valence-corrected chi connectivity index (χ2v) is 6.22. The quantitative estimate of drug-likeness (QED) is 0.817. The minimum Gasteiger partial charge on any atom is -0.366 e. The zero-order valence-electron chi connectivity index (χ0n) is 13.8. The Morgan fingerprint density at radius 2 is 1.60 bits per heavy atom. The first-order valence-electron chi connectivity index (χ1n) is 8.48. The van der Waals surface area contributed by atoms with Crippen LogP contribution in [0.3, 0.4) is 0 Å². The van der Waals surface area contributed by atoms with Gasteiger partial charge in [0.1, 0.15) is 5.82 Å². The molecule has 1 aliphatic rings. The van der Waals surface area contributed by atoms with Crippen molar-refractivity contribution in [2.24, 2.45) is 0 Å². The Morgan fingerprint density at radius 3 is 2.24 bits per heavy atom. The molecular formula is C18H20F2N4O. The molecule has 0 radical (unpaired) electrons.